The van der Waals surface area contributed by atoms with Crippen LogP contribution in [0.2, 0.25) is 0 Å². The number of nitrogens with one attached hydrogen (secondary N) is 3. The second-order valence-corrected chi connectivity index (χ2v) is 8.74. The first-order valence-electron chi connectivity index (χ1n) is 12.1. The van der Waals surface area contributed by atoms with Crippen LogP contribution in [0.1, 0.15) is 43.7 Å². The number of guanidine groups is 1. The molecule has 2 aromatic carbocycles. The molecule has 0 atom stereocenters. The molecular weight excluding hydrogens is 541 g/mol. The molecule has 0 spiro atoms. The van der Waals surface area contributed by atoms with E-state index in [0.29, 0.717) is 13.1 Å². The molecule has 1 aliphatic heterocycles. The van der Waals surface area contributed by atoms with E-state index in [1.54, 1.807) is 0 Å². The molecule has 4 rings (SSSR count). The molecule has 34 heavy (non-hydrogen) atoms. The summed E-state index contributed by atoms with van der Waals surface area (Å²) in [5.41, 5.74) is 2.97. The van der Waals surface area contributed by atoms with Crippen molar-refractivity contribution in [1.82, 2.24) is 15.5 Å². The highest BCUT2D eigenvalue weighted by molar-refractivity contribution is 14.0. The Kier molecular flexibility index (Phi) is 10.3. The first kappa shape index (κ1) is 26.1. The molecular formula is C26H36IN5O2. The minimum absolute atomic E-state index is 0. The van der Waals surface area contributed by atoms with Crippen LogP contribution >= 0.6 is 24.0 Å². The number of nitrogens with zero attached hydrogens (tertiary/aromatic N) is 2. The predicted molar refractivity (Wildman–Crippen MR) is 148 cm³/mol. The van der Waals surface area contributed by atoms with Crippen molar-refractivity contribution in [2.45, 2.75) is 45.7 Å². The van der Waals surface area contributed by atoms with Gasteiger partial charge in [-0.15, -0.1) is 24.0 Å². The lowest BCUT2D eigenvalue weighted by atomic mass is 10.2. The smallest absolute Gasteiger partial charge is 0.321 e. The van der Waals surface area contributed by atoms with Crippen molar-refractivity contribution in [2.24, 2.45) is 10.9 Å². The van der Waals surface area contributed by atoms with Crippen LogP contribution < -0.4 is 20.7 Å². The molecule has 0 bridgehead atoms. The lowest BCUT2D eigenvalue weighted by molar-refractivity contribution is 0.222. The van der Waals surface area contributed by atoms with Crippen LogP contribution in [-0.2, 0) is 13.1 Å². The molecule has 2 amide bonds. The summed E-state index contributed by atoms with van der Waals surface area (Å²) in [6, 6.07) is 16.0. The normalized spacial score (nSPS) is 15.4. The van der Waals surface area contributed by atoms with Gasteiger partial charge in [0, 0.05) is 37.4 Å². The van der Waals surface area contributed by atoms with Crippen molar-refractivity contribution in [2.75, 3.05) is 31.6 Å². The van der Waals surface area contributed by atoms with Crippen LogP contribution in [0.15, 0.2) is 53.5 Å². The zero-order valence-corrected chi connectivity index (χ0v) is 22.2. The van der Waals surface area contributed by atoms with Gasteiger partial charge in [-0.3, -0.25) is 0 Å². The molecule has 7 nitrogen and oxygen atoms in total. The predicted octanol–water partition coefficient (Wildman–Crippen LogP) is 4.98. The molecule has 0 unspecified atom stereocenters. The van der Waals surface area contributed by atoms with Gasteiger partial charge in [0.2, 0.25) is 0 Å². The Morgan fingerprint density at radius 1 is 1.09 bits per heavy atom. The van der Waals surface area contributed by atoms with Gasteiger partial charge in [0.05, 0.1) is 13.2 Å². The summed E-state index contributed by atoms with van der Waals surface area (Å²) in [4.78, 5) is 19.0. The van der Waals surface area contributed by atoms with Gasteiger partial charge in [-0.25, -0.2) is 9.79 Å². The van der Waals surface area contributed by atoms with E-state index in [2.05, 4.69) is 28.9 Å². The standard InChI is InChI=1S/C26H35N5O2.HI/c1-2-27-25(29-18-22-9-3-4-11-24(22)33-19-20-12-13-20)28-17-21-8-7-10-23(16-21)30-26(32)31-14-5-6-15-31;/h3-4,7-11,16,20H,2,5-6,12-15,17-19H2,1H3,(H,30,32)(H2,27,28,29);1H. The number of anilines is 1. The average Bonchev–Trinajstić information content (AvgIpc) is 3.50. The van der Waals surface area contributed by atoms with E-state index in [1.807, 2.05) is 47.4 Å². The molecule has 0 radical (unpaired) electrons. The Morgan fingerprint density at radius 2 is 1.88 bits per heavy atom. The number of ether oxygens (including phenoxy) is 1. The topological polar surface area (TPSA) is 78.0 Å². The summed E-state index contributed by atoms with van der Waals surface area (Å²) in [6.45, 7) is 6.46. The summed E-state index contributed by atoms with van der Waals surface area (Å²) in [7, 11) is 0. The Bertz CT molecular complexity index is 958. The molecule has 3 N–H and O–H groups in total. The van der Waals surface area contributed by atoms with Crippen molar-refractivity contribution >= 4 is 41.7 Å². The number of benzene rings is 2. The number of para-hydroxylation sites is 1. The Labute approximate surface area is 219 Å². The molecule has 1 saturated carbocycles. The maximum Gasteiger partial charge on any atom is 0.321 e. The van der Waals surface area contributed by atoms with Gasteiger partial charge in [-0.1, -0.05) is 30.3 Å². The second-order valence-electron chi connectivity index (χ2n) is 8.74. The number of carbonyl (C=O) groups excluding carboxylic acids is 1. The number of aliphatic imine (C=N–C) groups is 1. The zero-order valence-electron chi connectivity index (χ0n) is 19.9. The minimum atomic E-state index is -0.0225. The van der Waals surface area contributed by atoms with Crippen LogP contribution in [-0.4, -0.2) is 43.1 Å². The van der Waals surface area contributed by atoms with Gasteiger partial charge in [0.25, 0.3) is 0 Å². The fourth-order valence-corrected chi connectivity index (χ4v) is 3.84. The monoisotopic (exact) mass is 577 g/mol. The average molecular weight is 578 g/mol. The van der Waals surface area contributed by atoms with E-state index in [9.17, 15) is 4.79 Å². The molecule has 184 valence electrons. The minimum Gasteiger partial charge on any atom is -0.493 e. The van der Waals surface area contributed by atoms with Gasteiger partial charge in [-0.2, -0.15) is 0 Å². The summed E-state index contributed by atoms with van der Waals surface area (Å²) in [6.07, 6.45) is 4.72. The highest BCUT2D eigenvalue weighted by atomic mass is 127. The third-order valence-corrected chi connectivity index (χ3v) is 5.93. The molecule has 2 aliphatic rings. The highest BCUT2D eigenvalue weighted by Gasteiger charge is 2.22. The summed E-state index contributed by atoms with van der Waals surface area (Å²) in [5, 5.41) is 9.73. The highest BCUT2D eigenvalue weighted by Crippen LogP contribution is 2.30. The van der Waals surface area contributed by atoms with Gasteiger partial charge in [-0.05, 0) is 62.3 Å². The van der Waals surface area contributed by atoms with E-state index >= 15 is 0 Å². The number of rotatable bonds is 9. The number of hydrogen-bond acceptors (Lipinski definition) is 3. The van der Waals surface area contributed by atoms with Gasteiger partial charge >= 0.3 is 6.03 Å². The van der Waals surface area contributed by atoms with E-state index in [4.69, 9.17) is 9.73 Å². The summed E-state index contributed by atoms with van der Waals surface area (Å²) < 4.78 is 6.03. The van der Waals surface area contributed by atoms with E-state index in [0.717, 1.165) is 73.5 Å². The van der Waals surface area contributed by atoms with E-state index in [1.165, 1.54) is 12.8 Å². The maximum absolute atomic E-state index is 12.4. The second kappa shape index (κ2) is 13.4. The summed E-state index contributed by atoms with van der Waals surface area (Å²) >= 11 is 0. The molecule has 1 heterocycles. The third-order valence-electron chi connectivity index (χ3n) is 5.93. The number of likely N-dealkylation sites (tertiary alicyclic amines) is 1. The maximum atomic E-state index is 12.4. The van der Waals surface area contributed by atoms with E-state index < -0.39 is 0 Å². The van der Waals surface area contributed by atoms with Gasteiger partial charge < -0.3 is 25.6 Å². The van der Waals surface area contributed by atoms with Crippen LogP contribution in [0, 0.1) is 5.92 Å². The number of halogens is 1. The molecule has 8 heteroatoms. The molecule has 1 saturated heterocycles. The molecule has 1 aliphatic carbocycles. The van der Waals surface area contributed by atoms with Crippen LogP contribution in [0.4, 0.5) is 10.5 Å². The van der Waals surface area contributed by atoms with Crippen molar-refractivity contribution in [3.8, 4) is 5.75 Å². The quantitative estimate of drug-likeness (QED) is 0.223. The van der Waals surface area contributed by atoms with Crippen LogP contribution in [0.25, 0.3) is 0 Å². The molecule has 2 fully saturated rings. The van der Waals surface area contributed by atoms with Crippen LogP contribution in [0.3, 0.4) is 0 Å². The Balaban J connectivity index is 0.00000324. The summed E-state index contributed by atoms with van der Waals surface area (Å²) in [5.74, 6) is 2.41. The lowest BCUT2D eigenvalue weighted by Crippen LogP contribution is -2.36. The van der Waals surface area contributed by atoms with Gasteiger partial charge in [0.15, 0.2) is 5.96 Å². The first-order valence-corrected chi connectivity index (χ1v) is 12.1. The van der Waals surface area contributed by atoms with Crippen molar-refractivity contribution < 1.29 is 9.53 Å². The third kappa shape index (κ3) is 8.07. The molecule has 2 aromatic rings. The SMILES string of the molecule is CCNC(=NCc1cccc(NC(=O)N2CCCC2)c1)NCc1ccccc1OCC1CC1.I. The number of hydrogen-bond donors (Lipinski definition) is 3. The largest absolute Gasteiger partial charge is 0.493 e. The van der Waals surface area contributed by atoms with Crippen molar-refractivity contribution in [3.63, 3.8) is 0 Å². The lowest BCUT2D eigenvalue weighted by Gasteiger charge is -2.16. The Hall–Kier alpha value is -2.49. The van der Waals surface area contributed by atoms with E-state index in [-0.39, 0.29) is 30.0 Å². The number of amides is 2. The van der Waals surface area contributed by atoms with Crippen LogP contribution in [0.5, 0.6) is 5.75 Å². The fourth-order valence-electron chi connectivity index (χ4n) is 3.84. The first-order chi connectivity index (χ1) is 16.2. The number of carbonyl (C=O) groups is 1. The van der Waals surface area contributed by atoms with Crippen molar-refractivity contribution in [3.05, 3.63) is 59.7 Å². The van der Waals surface area contributed by atoms with Crippen molar-refractivity contribution in [1.29, 1.82) is 0 Å². The fraction of sp³-hybridized carbons (Fsp3) is 0.462. The van der Waals surface area contributed by atoms with Gasteiger partial charge in [0.1, 0.15) is 5.75 Å². The Morgan fingerprint density at radius 3 is 2.65 bits per heavy atom. The molecule has 0 aromatic heterocycles. The number of urea groups is 1. The zero-order chi connectivity index (χ0) is 22.9.